The molecule has 1 atom stereocenters. The molecule has 1 fully saturated rings. The fourth-order valence-electron chi connectivity index (χ4n) is 2.19. The van der Waals surface area contributed by atoms with Gasteiger partial charge in [-0.3, -0.25) is 0 Å². The van der Waals surface area contributed by atoms with Crippen LogP contribution in [0.2, 0.25) is 0 Å². The Morgan fingerprint density at radius 2 is 2.43 bits per heavy atom. The molecule has 1 aromatic rings. The minimum Gasteiger partial charge on any atom is -0.472 e. The summed E-state index contributed by atoms with van der Waals surface area (Å²) in [4.78, 5) is 10.0. The summed E-state index contributed by atoms with van der Waals surface area (Å²) in [5, 5.41) is 3.04. The molecule has 2 heterocycles. The maximum absolute atomic E-state index is 12.3. The van der Waals surface area contributed by atoms with Gasteiger partial charge in [0.2, 0.25) is 5.88 Å². The highest BCUT2D eigenvalue weighted by Crippen LogP contribution is 2.16. The van der Waals surface area contributed by atoms with Crippen LogP contribution in [0.5, 0.6) is 5.88 Å². The number of aromatic nitrogens is 1. The van der Waals surface area contributed by atoms with Crippen molar-refractivity contribution in [2.75, 3.05) is 26.2 Å². The van der Waals surface area contributed by atoms with Crippen LogP contribution in [0.3, 0.4) is 0 Å². The second-order valence-corrected chi connectivity index (χ2v) is 4.73. The Kier molecular flexibility index (Phi) is 5.71. The minimum absolute atomic E-state index is 0.00435. The zero-order valence-corrected chi connectivity index (χ0v) is 12.0. The molecule has 116 valence electrons. The Labute approximate surface area is 123 Å². The second-order valence-electron chi connectivity index (χ2n) is 4.73. The topological polar surface area (TPSA) is 49.8 Å². The van der Waals surface area contributed by atoms with Gasteiger partial charge in [0.1, 0.15) is 12.6 Å². The lowest BCUT2D eigenvalue weighted by Gasteiger charge is -2.21. The molecule has 1 N–H and O–H groups in total. The van der Waals surface area contributed by atoms with Crippen LogP contribution in [0.25, 0.3) is 0 Å². The molecule has 1 unspecified atom stereocenters. The number of guanidine groups is 1. The summed E-state index contributed by atoms with van der Waals surface area (Å²) in [7, 11) is 0. The SMILES string of the molecule is CCNC(=NCC(F)F)N1CCC(Oc2ccccn2)C1. The highest BCUT2D eigenvalue weighted by Gasteiger charge is 2.26. The average Bonchev–Trinajstić information content (AvgIpc) is 2.92. The molecule has 1 aliphatic rings. The highest BCUT2D eigenvalue weighted by atomic mass is 19.3. The third-order valence-electron chi connectivity index (χ3n) is 3.08. The fourth-order valence-corrected chi connectivity index (χ4v) is 2.19. The third kappa shape index (κ3) is 4.84. The number of rotatable bonds is 5. The zero-order chi connectivity index (χ0) is 15.1. The van der Waals surface area contributed by atoms with Crippen molar-refractivity contribution in [2.24, 2.45) is 4.99 Å². The predicted molar refractivity (Wildman–Crippen MR) is 76.8 cm³/mol. The Morgan fingerprint density at radius 1 is 1.57 bits per heavy atom. The van der Waals surface area contributed by atoms with E-state index in [2.05, 4.69) is 15.3 Å². The molecule has 0 amide bonds. The summed E-state index contributed by atoms with van der Waals surface area (Å²) in [5.41, 5.74) is 0. The summed E-state index contributed by atoms with van der Waals surface area (Å²) in [6.07, 6.45) is 0.0587. The molecule has 0 bridgehead atoms. The lowest BCUT2D eigenvalue weighted by molar-refractivity contribution is 0.158. The molecule has 1 aliphatic heterocycles. The maximum atomic E-state index is 12.3. The average molecular weight is 298 g/mol. The summed E-state index contributed by atoms with van der Waals surface area (Å²) in [6.45, 7) is 3.42. The number of hydrogen-bond donors (Lipinski definition) is 1. The van der Waals surface area contributed by atoms with Crippen molar-refractivity contribution in [1.29, 1.82) is 0 Å². The Hall–Kier alpha value is -1.92. The number of likely N-dealkylation sites (tertiary alicyclic amines) is 1. The van der Waals surface area contributed by atoms with Crippen molar-refractivity contribution in [3.8, 4) is 5.88 Å². The molecule has 0 saturated carbocycles. The van der Waals surface area contributed by atoms with Gasteiger partial charge in [0, 0.05) is 31.8 Å². The van der Waals surface area contributed by atoms with E-state index < -0.39 is 13.0 Å². The van der Waals surface area contributed by atoms with E-state index in [-0.39, 0.29) is 6.10 Å². The molecule has 7 heteroatoms. The minimum atomic E-state index is -2.43. The van der Waals surface area contributed by atoms with Gasteiger partial charge in [-0.1, -0.05) is 6.07 Å². The molecule has 1 saturated heterocycles. The van der Waals surface area contributed by atoms with Crippen molar-refractivity contribution >= 4 is 5.96 Å². The van der Waals surface area contributed by atoms with Gasteiger partial charge in [-0.25, -0.2) is 18.8 Å². The Balaban J connectivity index is 1.91. The number of nitrogens with zero attached hydrogens (tertiary/aromatic N) is 3. The van der Waals surface area contributed by atoms with Crippen LogP contribution < -0.4 is 10.1 Å². The smallest absolute Gasteiger partial charge is 0.257 e. The standard InChI is InChI=1S/C14H20F2N4O/c1-2-17-14(19-9-12(15)16)20-8-6-11(10-20)21-13-5-3-4-7-18-13/h3-5,7,11-12H,2,6,8-10H2,1H3,(H,17,19). The highest BCUT2D eigenvalue weighted by molar-refractivity contribution is 5.80. The van der Waals surface area contributed by atoms with E-state index in [0.717, 1.165) is 13.0 Å². The first kappa shape index (κ1) is 15.5. The van der Waals surface area contributed by atoms with Crippen molar-refractivity contribution in [2.45, 2.75) is 25.9 Å². The van der Waals surface area contributed by atoms with E-state index in [9.17, 15) is 8.78 Å². The van der Waals surface area contributed by atoms with Gasteiger partial charge in [0.05, 0.1) is 6.54 Å². The van der Waals surface area contributed by atoms with Crippen LogP contribution in [0, 0.1) is 0 Å². The molecule has 0 aromatic carbocycles. The molecular formula is C14H20F2N4O. The molecule has 0 aliphatic carbocycles. The van der Waals surface area contributed by atoms with Gasteiger partial charge in [0.15, 0.2) is 5.96 Å². The van der Waals surface area contributed by atoms with Gasteiger partial charge in [0.25, 0.3) is 6.43 Å². The fraction of sp³-hybridized carbons (Fsp3) is 0.571. The van der Waals surface area contributed by atoms with Gasteiger partial charge < -0.3 is 15.0 Å². The summed E-state index contributed by atoms with van der Waals surface area (Å²) in [6, 6.07) is 5.50. The van der Waals surface area contributed by atoms with Crippen LogP contribution in [-0.4, -0.2) is 54.6 Å². The maximum Gasteiger partial charge on any atom is 0.257 e. The van der Waals surface area contributed by atoms with E-state index >= 15 is 0 Å². The van der Waals surface area contributed by atoms with E-state index in [1.54, 1.807) is 12.3 Å². The van der Waals surface area contributed by atoms with E-state index in [1.165, 1.54) is 0 Å². The van der Waals surface area contributed by atoms with E-state index in [0.29, 0.717) is 24.9 Å². The largest absolute Gasteiger partial charge is 0.472 e. The van der Waals surface area contributed by atoms with Crippen LogP contribution in [0.15, 0.2) is 29.4 Å². The molecule has 5 nitrogen and oxygen atoms in total. The van der Waals surface area contributed by atoms with Gasteiger partial charge >= 0.3 is 0 Å². The Bertz CT molecular complexity index is 456. The number of aliphatic imine (C=N–C) groups is 1. The van der Waals surface area contributed by atoms with E-state index in [1.807, 2.05) is 24.0 Å². The van der Waals surface area contributed by atoms with Crippen LogP contribution >= 0.6 is 0 Å². The van der Waals surface area contributed by atoms with Crippen molar-refractivity contribution < 1.29 is 13.5 Å². The number of halogens is 2. The van der Waals surface area contributed by atoms with E-state index in [4.69, 9.17) is 4.74 Å². The number of pyridine rings is 1. The summed E-state index contributed by atoms with van der Waals surface area (Å²) < 4.78 is 30.4. The summed E-state index contributed by atoms with van der Waals surface area (Å²) in [5.74, 6) is 1.10. The molecule has 0 spiro atoms. The molecule has 21 heavy (non-hydrogen) atoms. The molecule has 0 radical (unpaired) electrons. The van der Waals surface area contributed by atoms with Crippen LogP contribution in [0.1, 0.15) is 13.3 Å². The lowest BCUT2D eigenvalue weighted by Crippen LogP contribution is -2.41. The van der Waals surface area contributed by atoms with Crippen molar-refractivity contribution in [1.82, 2.24) is 15.2 Å². The first-order chi connectivity index (χ1) is 10.2. The second kappa shape index (κ2) is 7.75. The van der Waals surface area contributed by atoms with Gasteiger partial charge in [-0.05, 0) is 13.0 Å². The Morgan fingerprint density at radius 3 is 3.10 bits per heavy atom. The normalized spacial score (nSPS) is 19.1. The number of hydrogen-bond acceptors (Lipinski definition) is 3. The molecular weight excluding hydrogens is 278 g/mol. The number of alkyl halides is 2. The molecule has 2 rings (SSSR count). The predicted octanol–water partition coefficient (Wildman–Crippen LogP) is 1.77. The van der Waals surface area contributed by atoms with Crippen molar-refractivity contribution in [3.05, 3.63) is 24.4 Å². The molecule has 1 aromatic heterocycles. The monoisotopic (exact) mass is 298 g/mol. The van der Waals surface area contributed by atoms with Crippen molar-refractivity contribution in [3.63, 3.8) is 0 Å². The van der Waals surface area contributed by atoms with Gasteiger partial charge in [-0.2, -0.15) is 0 Å². The first-order valence-corrected chi connectivity index (χ1v) is 7.08. The quantitative estimate of drug-likeness (QED) is 0.665. The van der Waals surface area contributed by atoms with Crippen LogP contribution in [-0.2, 0) is 0 Å². The third-order valence-corrected chi connectivity index (χ3v) is 3.08. The lowest BCUT2D eigenvalue weighted by atomic mass is 10.3. The summed E-state index contributed by atoms with van der Waals surface area (Å²) >= 11 is 0. The first-order valence-electron chi connectivity index (χ1n) is 7.08. The van der Waals surface area contributed by atoms with Crippen LogP contribution in [0.4, 0.5) is 8.78 Å². The zero-order valence-electron chi connectivity index (χ0n) is 12.0. The number of nitrogens with one attached hydrogen (secondary N) is 1. The number of ether oxygens (including phenoxy) is 1. The van der Waals surface area contributed by atoms with Gasteiger partial charge in [-0.15, -0.1) is 0 Å².